The van der Waals surface area contributed by atoms with Crippen molar-refractivity contribution in [1.82, 2.24) is 10.1 Å². The van der Waals surface area contributed by atoms with Gasteiger partial charge in [0.15, 0.2) is 0 Å². The van der Waals surface area contributed by atoms with E-state index in [1.54, 1.807) is 7.11 Å². The first kappa shape index (κ1) is 12.4. The highest BCUT2D eigenvalue weighted by molar-refractivity contribution is 5.58. The lowest BCUT2D eigenvalue weighted by Crippen LogP contribution is -2.26. The molecule has 2 rings (SSSR count). The van der Waals surface area contributed by atoms with Gasteiger partial charge in [0.2, 0.25) is 5.82 Å². The first-order valence-electron chi connectivity index (χ1n) is 5.74. The lowest BCUT2D eigenvalue weighted by molar-refractivity contribution is 0.414. The van der Waals surface area contributed by atoms with Crippen LogP contribution in [0.5, 0.6) is 5.75 Å². The maximum absolute atomic E-state index is 5.16. The van der Waals surface area contributed by atoms with Crippen LogP contribution in [0.1, 0.15) is 20.8 Å². The zero-order valence-corrected chi connectivity index (χ0v) is 11.0. The van der Waals surface area contributed by atoms with E-state index in [1.807, 2.05) is 45.0 Å². The Labute approximate surface area is 106 Å². The summed E-state index contributed by atoms with van der Waals surface area (Å²) in [5.74, 6) is 1.31. The molecule has 0 saturated heterocycles. The van der Waals surface area contributed by atoms with E-state index in [-0.39, 0.29) is 5.54 Å². The van der Waals surface area contributed by atoms with Crippen LogP contribution in [0.4, 0.5) is 6.01 Å². The summed E-state index contributed by atoms with van der Waals surface area (Å²) in [6, 6.07) is 7.96. The van der Waals surface area contributed by atoms with Gasteiger partial charge in [0, 0.05) is 11.1 Å². The highest BCUT2D eigenvalue weighted by atomic mass is 16.5. The molecular formula is C13H17N3O2. The summed E-state index contributed by atoms with van der Waals surface area (Å²) < 4.78 is 10.3. The molecule has 96 valence electrons. The second kappa shape index (κ2) is 4.68. The number of nitrogens with one attached hydrogen (secondary N) is 1. The second-order valence-electron chi connectivity index (χ2n) is 5.03. The SMILES string of the molecule is COc1cccc(-c2noc(NC(C)(C)C)n2)c1. The molecule has 0 bridgehead atoms. The fraction of sp³-hybridized carbons (Fsp3) is 0.385. The van der Waals surface area contributed by atoms with Crippen LogP contribution in [0.25, 0.3) is 11.4 Å². The van der Waals surface area contributed by atoms with E-state index in [0.29, 0.717) is 11.8 Å². The molecule has 0 radical (unpaired) electrons. The molecule has 1 heterocycles. The molecule has 0 aliphatic rings. The molecule has 0 amide bonds. The van der Waals surface area contributed by atoms with Crippen molar-refractivity contribution in [3.05, 3.63) is 24.3 Å². The van der Waals surface area contributed by atoms with E-state index in [4.69, 9.17) is 9.26 Å². The maximum Gasteiger partial charge on any atom is 0.322 e. The highest BCUT2D eigenvalue weighted by Gasteiger charge is 2.15. The van der Waals surface area contributed by atoms with Crippen molar-refractivity contribution in [2.75, 3.05) is 12.4 Å². The lowest BCUT2D eigenvalue weighted by atomic mass is 10.1. The van der Waals surface area contributed by atoms with Crippen LogP contribution in [-0.2, 0) is 0 Å². The van der Waals surface area contributed by atoms with Crippen LogP contribution in [0.2, 0.25) is 0 Å². The third kappa shape index (κ3) is 3.00. The number of benzene rings is 1. The summed E-state index contributed by atoms with van der Waals surface area (Å²) in [4.78, 5) is 4.30. The lowest BCUT2D eigenvalue weighted by Gasteiger charge is -2.17. The minimum atomic E-state index is -0.113. The van der Waals surface area contributed by atoms with Crippen LogP contribution >= 0.6 is 0 Å². The second-order valence-corrected chi connectivity index (χ2v) is 5.03. The number of methoxy groups -OCH3 is 1. The van der Waals surface area contributed by atoms with E-state index in [0.717, 1.165) is 11.3 Å². The molecule has 0 atom stereocenters. The van der Waals surface area contributed by atoms with Crippen LogP contribution in [-0.4, -0.2) is 22.8 Å². The third-order valence-electron chi connectivity index (χ3n) is 2.24. The average molecular weight is 247 g/mol. The summed E-state index contributed by atoms with van der Waals surface area (Å²) in [6.07, 6.45) is 0. The van der Waals surface area contributed by atoms with Gasteiger partial charge in [-0.3, -0.25) is 0 Å². The first-order chi connectivity index (χ1) is 8.48. The third-order valence-corrected chi connectivity index (χ3v) is 2.24. The van der Waals surface area contributed by atoms with Gasteiger partial charge in [-0.2, -0.15) is 4.98 Å². The largest absolute Gasteiger partial charge is 0.497 e. The zero-order chi connectivity index (χ0) is 13.2. The topological polar surface area (TPSA) is 60.2 Å². The number of rotatable bonds is 3. The molecule has 0 fully saturated rings. The van der Waals surface area contributed by atoms with Gasteiger partial charge >= 0.3 is 6.01 Å². The molecule has 1 aromatic heterocycles. The van der Waals surface area contributed by atoms with Gasteiger partial charge in [-0.1, -0.05) is 17.3 Å². The van der Waals surface area contributed by atoms with Crippen LogP contribution in [0, 0.1) is 0 Å². The van der Waals surface area contributed by atoms with Crippen molar-refractivity contribution in [3.63, 3.8) is 0 Å². The molecule has 1 aromatic carbocycles. The van der Waals surface area contributed by atoms with Crippen molar-refractivity contribution in [3.8, 4) is 17.1 Å². The number of hydrogen-bond acceptors (Lipinski definition) is 5. The van der Waals surface area contributed by atoms with Crippen molar-refractivity contribution in [2.45, 2.75) is 26.3 Å². The summed E-state index contributed by atoms with van der Waals surface area (Å²) in [6.45, 7) is 6.09. The van der Waals surface area contributed by atoms with Gasteiger partial charge in [-0.25, -0.2) is 0 Å². The maximum atomic E-state index is 5.16. The predicted octanol–water partition coefficient (Wildman–Crippen LogP) is 2.96. The monoisotopic (exact) mass is 247 g/mol. The fourth-order valence-corrected chi connectivity index (χ4v) is 1.47. The quantitative estimate of drug-likeness (QED) is 0.903. The highest BCUT2D eigenvalue weighted by Crippen LogP contribution is 2.23. The molecule has 0 aliphatic carbocycles. The van der Waals surface area contributed by atoms with Gasteiger partial charge in [0.05, 0.1) is 7.11 Å². The minimum absolute atomic E-state index is 0.113. The molecule has 5 nitrogen and oxygen atoms in total. The Morgan fingerprint density at radius 3 is 2.72 bits per heavy atom. The molecule has 18 heavy (non-hydrogen) atoms. The van der Waals surface area contributed by atoms with E-state index in [1.165, 1.54) is 0 Å². The predicted molar refractivity (Wildman–Crippen MR) is 69.7 cm³/mol. The molecule has 0 saturated carbocycles. The van der Waals surface area contributed by atoms with Crippen molar-refractivity contribution < 1.29 is 9.26 Å². The molecular weight excluding hydrogens is 230 g/mol. The molecule has 0 unspecified atom stereocenters. The molecule has 5 heteroatoms. The number of ether oxygens (including phenoxy) is 1. The molecule has 1 N–H and O–H groups in total. The Morgan fingerprint density at radius 2 is 2.06 bits per heavy atom. The number of hydrogen-bond donors (Lipinski definition) is 1. The van der Waals surface area contributed by atoms with E-state index < -0.39 is 0 Å². The van der Waals surface area contributed by atoms with Crippen LogP contribution in [0.15, 0.2) is 28.8 Å². The molecule has 0 aliphatic heterocycles. The Morgan fingerprint density at radius 1 is 1.28 bits per heavy atom. The van der Waals surface area contributed by atoms with Crippen molar-refractivity contribution in [2.24, 2.45) is 0 Å². The summed E-state index contributed by atoms with van der Waals surface area (Å²) in [7, 11) is 1.63. The normalized spacial score (nSPS) is 11.3. The molecule has 2 aromatic rings. The zero-order valence-electron chi connectivity index (χ0n) is 11.0. The van der Waals surface area contributed by atoms with Gasteiger partial charge in [-0.15, -0.1) is 0 Å². The van der Waals surface area contributed by atoms with Gasteiger partial charge < -0.3 is 14.6 Å². The van der Waals surface area contributed by atoms with Crippen LogP contribution in [0.3, 0.4) is 0 Å². The Bertz CT molecular complexity index is 529. The summed E-state index contributed by atoms with van der Waals surface area (Å²) in [5, 5.41) is 7.07. The van der Waals surface area contributed by atoms with Crippen molar-refractivity contribution in [1.29, 1.82) is 0 Å². The van der Waals surface area contributed by atoms with Gasteiger partial charge in [0.25, 0.3) is 0 Å². The average Bonchev–Trinajstić information content (AvgIpc) is 2.75. The Balaban J connectivity index is 2.23. The standard InChI is InChI=1S/C13H17N3O2/c1-13(2,3)15-12-14-11(16-18-12)9-6-5-7-10(8-9)17-4/h5-8H,1-4H3,(H,14,15,16). The fourth-order valence-electron chi connectivity index (χ4n) is 1.47. The van der Waals surface area contributed by atoms with E-state index in [9.17, 15) is 0 Å². The Kier molecular flexibility index (Phi) is 3.23. The summed E-state index contributed by atoms with van der Waals surface area (Å²) >= 11 is 0. The number of nitrogens with zero attached hydrogens (tertiary/aromatic N) is 2. The van der Waals surface area contributed by atoms with Gasteiger partial charge in [0.1, 0.15) is 5.75 Å². The van der Waals surface area contributed by atoms with Crippen molar-refractivity contribution >= 4 is 6.01 Å². The van der Waals surface area contributed by atoms with Gasteiger partial charge in [-0.05, 0) is 32.9 Å². The smallest absolute Gasteiger partial charge is 0.322 e. The number of anilines is 1. The molecule has 0 spiro atoms. The first-order valence-corrected chi connectivity index (χ1v) is 5.74. The van der Waals surface area contributed by atoms with E-state index >= 15 is 0 Å². The number of aromatic nitrogens is 2. The van der Waals surface area contributed by atoms with E-state index in [2.05, 4.69) is 15.5 Å². The minimum Gasteiger partial charge on any atom is -0.497 e. The summed E-state index contributed by atoms with van der Waals surface area (Å²) in [5.41, 5.74) is 0.748. The van der Waals surface area contributed by atoms with Crippen LogP contribution < -0.4 is 10.1 Å². The Hall–Kier alpha value is -2.04.